The van der Waals surface area contributed by atoms with Gasteiger partial charge in [0, 0.05) is 35.0 Å². The largest absolute Gasteiger partial charge is 0.396 e. The van der Waals surface area contributed by atoms with Crippen LogP contribution >= 0.6 is 0 Å². The zero-order valence-corrected chi connectivity index (χ0v) is 8.69. The summed E-state index contributed by atoms with van der Waals surface area (Å²) >= 11 is 0. The van der Waals surface area contributed by atoms with E-state index < -0.39 is 10.8 Å². The molecule has 0 bridgehead atoms. The van der Waals surface area contributed by atoms with Crippen LogP contribution in [0.5, 0.6) is 0 Å². The van der Waals surface area contributed by atoms with Gasteiger partial charge in [0.25, 0.3) is 0 Å². The molecule has 0 amide bonds. The Kier molecular flexibility index (Phi) is 7.75. The van der Waals surface area contributed by atoms with E-state index in [1.807, 2.05) is 13.8 Å². The second-order valence-electron chi connectivity index (χ2n) is 2.66. The average Bonchev–Trinajstić information content (AvgIpc) is 2.05. The predicted octanol–water partition coefficient (Wildman–Crippen LogP) is 0.115. The van der Waals surface area contributed by atoms with E-state index in [1.165, 1.54) is 0 Å². The van der Waals surface area contributed by atoms with Crippen LogP contribution in [0.25, 0.3) is 0 Å². The summed E-state index contributed by atoms with van der Waals surface area (Å²) in [7, 11) is -0.734. The molecule has 0 saturated carbocycles. The third-order valence-electron chi connectivity index (χ3n) is 1.68. The van der Waals surface area contributed by atoms with Crippen LogP contribution in [-0.2, 0) is 10.8 Å². The topological polar surface area (TPSA) is 49.3 Å². The van der Waals surface area contributed by atoms with Crippen molar-refractivity contribution in [2.75, 3.05) is 24.7 Å². The molecule has 0 rings (SSSR count). The Morgan fingerprint density at radius 3 is 2.58 bits per heavy atom. The maximum absolute atomic E-state index is 11.2. The van der Waals surface area contributed by atoms with Gasteiger partial charge in [-0.05, 0) is 13.0 Å². The lowest BCUT2D eigenvalue weighted by molar-refractivity contribution is 0.271. The standard InChI is InChI=1S/C8H19NO2S/c1-3-9-8(5-6-10)7-12(11)4-2/h8-10H,3-7H2,1-2H3. The lowest BCUT2D eigenvalue weighted by Crippen LogP contribution is -2.35. The maximum atomic E-state index is 11.2. The summed E-state index contributed by atoms with van der Waals surface area (Å²) in [5.41, 5.74) is 0. The van der Waals surface area contributed by atoms with E-state index in [1.54, 1.807) is 0 Å². The highest BCUT2D eigenvalue weighted by atomic mass is 32.2. The molecule has 0 spiro atoms. The summed E-state index contributed by atoms with van der Waals surface area (Å²) < 4.78 is 11.2. The molecule has 0 aliphatic heterocycles. The molecule has 0 heterocycles. The number of hydrogen-bond donors (Lipinski definition) is 2. The van der Waals surface area contributed by atoms with Crippen molar-refractivity contribution in [3.8, 4) is 0 Å². The molecule has 0 radical (unpaired) electrons. The van der Waals surface area contributed by atoms with E-state index >= 15 is 0 Å². The fourth-order valence-corrected chi connectivity index (χ4v) is 2.00. The highest BCUT2D eigenvalue weighted by molar-refractivity contribution is 7.84. The molecule has 4 heteroatoms. The fraction of sp³-hybridized carbons (Fsp3) is 1.00. The van der Waals surface area contributed by atoms with Crippen LogP contribution < -0.4 is 5.32 Å². The predicted molar refractivity (Wildman–Crippen MR) is 52.7 cm³/mol. The molecule has 2 atom stereocenters. The zero-order chi connectivity index (χ0) is 9.40. The fourth-order valence-electron chi connectivity index (χ4n) is 1.03. The van der Waals surface area contributed by atoms with Crippen LogP contribution in [0.3, 0.4) is 0 Å². The molecule has 0 aromatic rings. The van der Waals surface area contributed by atoms with Crippen LogP contribution in [0.2, 0.25) is 0 Å². The van der Waals surface area contributed by atoms with Gasteiger partial charge in [-0.2, -0.15) is 0 Å². The number of aliphatic hydroxyl groups is 1. The van der Waals surface area contributed by atoms with Crippen molar-refractivity contribution in [3.63, 3.8) is 0 Å². The first-order valence-corrected chi connectivity index (χ1v) is 5.92. The van der Waals surface area contributed by atoms with Crippen molar-refractivity contribution in [2.45, 2.75) is 26.3 Å². The smallest absolute Gasteiger partial charge is 0.0446 e. The van der Waals surface area contributed by atoms with Gasteiger partial charge < -0.3 is 10.4 Å². The van der Waals surface area contributed by atoms with E-state index in [4.69, 9.17) is 5.11 Å². The van der Waals surface area contributed by atoms with Crippen molar-refractivity contribution in [1.82, 2.24) is 5.32 Å². The van der Waals surface area contributed by atoms with E-state index in [9.17, 15) is 4.21 Å². The summed E-state index contributed by atoms with van der Waals surface area (Å²) in [5.74, 6) is 1.36. The molecule has 2 unspecified atom stereocenters. The summed E-state index contributed by atoms with van der Waals surface area (Å²) in [6.07, 6.45) is 0.694. The summed E-state index contributed by atoms with van der Waals surface area (Å²) in [4.78, 5) is 0. The van der Waals surface area contributed by atoms with Crippen molar-refractivity contribution < 1.29 is 9.32 Å². The third-order valence-corrected chi connectivity index (χ3v) is 3.10. The van der Waals surface area contributed by atoms with Gasteiger partial charge >= 0.3 is 0 Å². The van der Waals surface area contributed by atoms with Gasteiger partial charge in [-0.1, -0.05) is 13.8 Å². The highest BCUT2D eigenvalue weighted by Crippen LogP contribution is 1.94. The minimum absolute atomic E-state index is 0.165. The Hall–Kier alpha value is 0.0700. The van der Waals surface area contributed by atoms with Crippen molar-refractivity contribution in [3.05, 3.63) is 0 Å². The maximum Gasteiger partial charge on any atom is 0.0446 e. The van der Waals surface area contributed by atoms with Gasteiger partial charge in [0.05, 0.1) is 0 Å². The minimum atomic E-state index is -0.734. The normalized spacial score (nSPS) is 15.9. The molecule has 0 aromatic carbocycles. The minimum Gasteiger partial charge on any atom is -0.396 e. The quantitative estimate of drug-likeness (QED) is 0.603. The molecule has 2 N–H and O–H groups in total. The van der Waals surface area contributed by atoms with Gasteiger partial charge in [0.2, 0.25) is 0 Å². The summed E-state index contributed by atoms with van der Waals surface area (Å²) in [5, 5.41) is 11.9. The molecule has 3 nitrogen and oxygen atoms in total. The Morgan fingerprint density at radius 2 is 2.17 bits per heavy atom. The molecule has 74 valence electrons. The van der Waals surface area contributed by atoms with E-state index in [0.29, 0.717) is 17.9 Å². The first kappa shape index (κ1) is 12.1. The zero-order valence-electron chi connectivity index (χ0n) is 7.88. The summed E-state index contributed by atoms with van der Waals surface area (Å²) in [6.45, 7) is 4.96. The van der Waals surface area contributed by atoms with Crippen LogP contribution in [0.1, 0.15) is 20.3 Å². The number of rotatable bonds is 7. The van der Waals surface area contributed by atoms with E-state index in [0.717, 1.165) is 6.54 Å². The van der Waals surface area contributed by atoms with Crippen molar-refractivity contribution in [2.24, 2.45) is 0 Å². The van der Waals surface area contributed by atoms with Gasteiger partial charge in [-0.3, -0.25) is 4.21 Å². The second kappa shape index (κ2) is 7.71. The van der Waals surface area contributed by atoms with Crippen LogP contribution in [-0.4, -0.2) is 40.0 Å². The van der Waals surface area contributed by atoms with Crippen molar-refractivity contribution in [1.29, 1.82) is 0 Å². The second-order valence-corrected chi connectivity index (χ2v) is 4.45. The van der Waals surface area contributed by atoms with Crippen LogP contribution in [0.15, 0.2) is 0 Å². The Morgan fingerprint density at radius 1 is 1.50 bits per heavy atom. The van der Waals surface area contributed by atoms with Gasteiger partial charge in [-0.15, -0.1) is 0 Å². The van der Waals surface area contributed by atoms with Crippen LogP contribution in [0, 0.1) is 0 Å². The molecule has 0 aliphatic rings. The number of nitrogens with one attached hydrogen (secondary N) is 1. The van der Waals surface area contributed by atoms with E-state index in [-0.39, 0.29) is 12.6 Å². The Bertz CT molecular complexity index is 124. The lowest BCUT2D eigenvalue weighted by Gasteiger charge is -2.15. The van der Waals surface area contributed by atoms with Gasteiger partial charge in [-0.25, -0.2) is 0 Å². The van der Waals surface area contributed by atoms with E-state index in [2.05, 4.69) is 5.32 Å². The molecular weight excluding hydrogens is 174 g/mol. The Labute approximate surface area is 77.0 Å². The Balaban J connectivity index is 3.68. The molecule has 0 aliphatic carbocycles. The molecule has 12 heavy (non-hydrogen) atoms. The number of hydrogen-bond acceptors (Lipinski definition) is 3. The molecular formula is C8H19NO2S. The first-order chi connectivity index (χ1) is 5.74. The molecule has 0 aromatic heterocycles. The summed E-state index contributed by atoms with van der Waals surface area (Å²) in [6, 6.07) is 0.209. The van der Waals surface area contributed by atoms with Crippen molar-refractivity contribution >= 4 is 10.8 Å². The number of aliphatic hydroxyl groups excluding tert-OH is 1. The average molecular weight is 193 g/mol. The van der Waals surface area contributed by atoms with Gasteiger partial charge in [0.15, 0.2) is 0 Å². The lowest BCUT2D eigenvalue weighted by atomic mass is 10.2. The molecule has 0 saturated heterocycles. The monoisotopic (exact) mass is 193 g/mol. The van der Waals surface area contributed by atoms with Gasteiger partial charge in [0.1, 0.15) is 0 Å². The third kappa shape index (κ3) is 5.69. The first-order valence-electron chi connectivity index (χ1n) is 4.43. The highest BCUT2D eigenvalue weighted by Gasteiger charge is 2.09. The SMILES string of the molecule is CCNC(CCO)CS(=O)CC. The van der Waals surface area contributed by atoms with Crippen LogP contribution in [0.4, 0.5) is 0 Å². The molecule has 0 fully saturated rings.